The van der Waals surface area contributed by atoms with Crippen molar-refractivity contribution in [2.24, 2.45) is 0 Å². The van der Waals surface area contributed by atoms with E-state index in [1.807, 2.05) is 30.3 Å². The van der Waals surface area contributed by atoms with Crippen LogP contribution in [0.15, 0.2) is 271 Å². The first-order valence-electron chi connectivity index (χ1n) is 24.8. The molecule has 0 fully saturated rings. The van der Waals surface area contributed by atoms with Crippen molar-refractivity contribution in [2.75, 3.05) is 0 Å². The molecule has 0 amide bonds. The molecule has 0 aliphatic carbocycles. The zero-order valence-electron chi connectivity index (χ0n) is 39.6. The van der Waals surface area contributed by atoms with Crippen molar-refractivity contribution >= 4 is 125 Å². The van der Waals surface area contributed by atoms with Gasteiger partial charge in [-0.3, -0.25) is 0 Å². The van der Waals surface area contributed by atoms with Gasteiger partial charge in [0.1, 0.15) is 0 Å². The van der Waals surface area contributed by atoms with Crippen LogP contribution in [0.3, 0.4) is 0 Å². The maximum atomic E-state index is 3.62. The van der Waals surface area contributed by atoms with Gasteiger partial charge in [-0.1, -0.05) is 198 Å². The van der Waals surface area contributed by atoms with Crippen molar-refractivity contribution in [1.82, 2.24) is 18.7 Å². The molecule has 0 aliphatic heterocycles. The summed E-state index contributed by atoms with van der Waals surface area (Å²) < 4.78 is 8.39. The molecular weight excluding hydrogens is 953 g/mol. The highest BCUT2D eigenvalue weighted by Crippen LogP contribution is 2.43. The Bertz CT molecular complexity index is 4720. The number of hydrogen-bond donors (Lipinski definition) is 1. The van der Waals surface area contributed by atoms with E-state index < -0.39 is 0 Å². The second-order valence-electron chi connectivity index (χ2n) is 18.7. The standard InChI is InChI=1S/C34H22N2.C28H18N2.C6H5Br/c1-3-12-24(13-4-1)35-31-18-10-9-17-27(31)29-21-30-28-20-19-23-11-7-8-16-26(23)34(28)36(33(30)22-32(29)35)25-14-5-2-6-15-25;1-2-9-19(10-3-1)30-27-17-26-23(21-12-6-7-13-25(21)29-26)16-24(27)22-15-14-18-8-4-5-11-20(18)28(22)30;7-6-4-2-1-3-5-6/h1-22H;1-17,29H;1-5H. The van der Waals surface area contributed by atoms with Crippen molar-refractivity contribution in [3.8, 4) is 17.1 Å². The molecular formula is C68H45BrN4. The highest BCUT2D eigenvalue weighted by molar-refractivity contribution is 9.10. The Hall–Kier alpha value is -9.16. The molecule has 0 atom stereocenters. The number of nitrogens with one attached hydrogen (secondary N) is 1. The number of H-pyrrole nitrogens is 1. The van der Waals surface area contributed by atoms with Crippen LogP contribution in [0, 0.1) is 0 Å². The molecule has 0 saturated heterocycles. The van der Waals surface area contributed by atoms with Crippen LogP contribution in [0.1, 0.15) is 0 Å². The Morgan fingerprint density at radius 1 is 0.247 bits per heavy atom. The largest absolute Gasteiger partial charge is 0.354 e. The lowest BCUT2D eigenvalue weighted by Gasteiger charge is -2.11. The van der Waals surface area contributed by atoms with Gasteiger partial charge in [-0.05, 0) is 95.7 Å². The number of para-hydroxylation sites is 5. The van der Waals surface area contributed by atoms with Gasteiger partial charge >= 0.3 is 0 Å². The lowest BCUT2D eigenvalue weighted by atomic mass is 10.0. The van der Waals surface area contributed by atoms with E-state index in [0.717, 1.165) is 4.47 Å². The van der Waals surface area contributed by atoms with Crippen molar-refractivity contribution in [3.63, 3.8) is 0 Å². The summed E-state index contributed by atoms with van der Waals surface area (Å²) in [5, 5.41) is 15.3. The smallest absolute Gasteiger partial charge is 0.0619 e. The number of nitrogens with zero attached hydrogens (tertiary/aromatic N) is 3. The zero-order valence-corrected chi connectivity index (χ0v) is 41.2. The molecule has 4 aromatic heterocycles. The third-order valence-corrected chi connectivity index (χ3v) is 15.0. The first kappa shape index (κ1) is 42.7. The third-order valence-electron chi connectivity index (χ3n) is 14.5. The van der Waals surface area contributed by atoms with Crippen LogP contribution in [0.2, 0.25) is 0 Å². The average Bonchev–Trinajstić information content (AvgIpc) is 4.19. The quantitative estimate of drug-likeness (QED) is 0.183. The lowest BCUT2D eigenvalue weighted by molar-refractivity contribution is 1.17. The second-order valence-corrected chi connectivity index (χ2v) is 19.6. The Balaban J connectivity index is 0.000000121. The number of rotatable bonds is 3. The van der Waals surface area contributed by atoms with E-state index in [1.54, 1.807) is 0 Å². The third kappa shape index (κ3) is 7.11. The topological polar surface area (TPSA) is 30.6 Å². The monoisotopic (exact) mass is 996 g/mol. The highest BCUT2D eigenvalue weighted by atomic mass is 79.9. The summed E-state index contributed by atoms with van der Waals surface area (Å²) >= 11 is 3.31. The molecule has 4 heterocycles. The minimum Gasteiger partial charge on any atom is -0.354 e. The summed E-state index contributed by atoms with van der Waals surface area (Å²) in [7, 11) is 0. The Morgan fingerprint density at radius 2 is 0.658 bits per heavy atom. The van der Waals surface area contributed by atoms with Gasteiger partial charge in [0.2, 0.25) is 0 Å². The molecule has 73 heavy (non-hydrogen) atoms. The number of aromatic nitrogens is 4. The van der Waals surface area contributed by atoms with Crippen molar-refractivity contribution < 1.29 is 0 Å². The Morgan fingerprint density at radius 3 is 1.21 bits per heavy atom. The van der Waals surface area contributed by atoms with Gasteiger partial charge in [0.05, 0.1) is 33.1 Å². The summed E-state index contributed by atoms with van der Waals surface area (Å²) in [5.41, 5.74) is 13.3. The van der Waals surface area contributed by atoms with Crippen LogP contribution in [-0.4, -0.2) is 18.7 Å². The maximum absolute atomic E-state index is 3.62. The van der Waals surface area contributed by atoms with E-state index in [4.69, 9.17) is 0 Å². The number of benzene rings is 12. The van der Waals surface area contributed by atoms with E-state index >= 15 is 0 Å². The van der Waals surface area contributed by atoms with Crippen molar-refractivity contribution in [3.05, 3.63) is 271 Å². The fourth-order valence-corrected chi connectivity index (χ4v) is 11.6. The molecule has 0 unspecified atom stereocenters. The predicted octanol–water partition coefficient (Wildman–Crippen LogP) is 19.1. The maximum Gasteiger partial charge on any atom is 0.0619 e. The summed E-state index contributed by atoms with van der Waals surface area (Å²) in [4.78, 5) is 3.62. The fraction of sp³-hybridized carbons (Fsp3) is 0. The Labute approximate surface area is 429 Å². The van der Waals surface area contributed by atoms with Gasteiger partial charge in [-0.15, -0.1) is 0 Å². The van der Waals surface area contributed by atoms with Gasteiger partial charge in [0.25, 0.3) is 0 Å². The van der Waals surface area contributed by atoms with E-state index in [2.05, 4.69) is 271 Å². The Kier molecular flexibility index (Phi) is 10.3. The van der Waals surface area contributed by atoms with Gasteiger partial charge in [-0.2, -0.15) is 0 Å². The van der Waals surface area contributed by atoms with E-state index in [1.165, 1.54) is 126 Å². The van der Waals surface area contributed by atoms with Crippen LogP contribution in [0.4, 0.5) is 0 Å². The molecule has 5 heteroatoms. The molecule has 344 valence electrons. The van der Waals surface area contributed by atoms with Crippen LogP contribution in [-0.2, 0) is 0 Å². The molecule has 0 saturated carbocycles. The average molecular weight is 998 g/mol. The summed E-state index contributed by atoms with van der Waals surface area (Å²) in [5.74, 6) is 0. The molecule has 4 nitrogen and oxygen atoms in total. The van der Waals surface area contributed by atoms with Crippen LogP contribution >= 0.6 is 15.9 Å². The number of halogens is 1. The number of aromatic amines is 1. The molecule has 16 rings (SSSR count). The van der Waals surface area contributed by atoms with Gasteiger partial charge in [0, 0.05) is 86.4 Å². The number of hydrogen-bond acceptors (Lipinski definition) is 0. The summed E-state index contributed by atoms with van der Waals surface area (Å²) in [6.07, 6.45) is 0. The molecule has 16 aromatic rings. The highest BCUT2D eigenvalue weighted by Gasteiger charge is 2.21. The molecule has 0 bridgehead atoms. The molecule has 0 radical (unpaired) electrons. The van der Waals surface area contributed by atoms with Crippen LogP contribution in [0.25, 0.3) is 126 Å². The SMILES string of the molecule is Brc1ccccc1.c1ccc(-n2c3cc4[nH]c5ccccc5c4cc3c3ccc4ccccc4c32)cc1.c1ccc(-n2c3ccccc3c3cc4c5ccc6ccccc6c5n(-c5ccccc5)c4cc32)cc1. The van der Waals surface area contributed by atoms with Gasteiger partial charge in [-0.25, -0.2) is 0 Å². The normalized spacial score (nSPS) is 11.6. The van der Waals surface area contributed by atoms with Gasteiger partial charge in [0.15, 0.2) is 0 Å². The van der Waals surface area contributed by atoms with Crippen LogP contribution in [0.5, 0.6) is 0 Å². The van der Waals surface area contributed by atoms with Crippen LogP contribution < -0.4 is 0 Å². The van der Waals surface area contributed by atoms with E-state index in [0.29, 0.717) is 0 Å². The lowest BCUT2D eigenvalue weighted by Crippen LogP contribution is -1.96. The van der Waals surface area contributed by atoms with E-state index in [-0.39, 0.29) is 0 Å². The second kappa shape index (κ2) is 17.6. The van der Waals surface area contributed by atoms with Crippen molar-refractivity contribution in [2.45, 2.75) is 0 Å². The summed E-state index contributed by atoms with van der Waals surface area (Å²) in [6, 6.07) is 95.3. The van der Waals surface area contributed by atoms with Crippen molar-refractivity contribution in [1.29, 1.82) is 0 Å². The summed E-state index contributed by atoms with van der Waals surface area (Å²) in [6.45, 7) is 0. The first-order chi connectivity index (χ1) is 36.2. The molecule has 0 spiro atoms. The minimum atomic E-state index is 1.13. The molecule has 12 aromatic carbocycles. The zero-order chi connectivity index (χ0) is 48.4. The van der Waals surface area contributed by atoms with Gasteiger partial charge < -0.3 is 18.7 Å². The minimum absolute atomic E-state index is 1.13. The van der Waals surface area contributed by atoms with E-state index in [9.17, 15) is 0 Å². The number of fused-ring (bicyclic) bond motifs is 16. The molecule has 1 N–H and O–H groups in total. The first-order valence-corrected chi connectivity index (χ1v) is 25.6. The molecule has 0 aliphatic rings. The predicted molar refractivity (Wildman–Crippen MR) is 314 cm³/mol. The fourth-order valence-electron chi connectivity index (χ4n) is 11.3.